The van der Waals surface area contributed by atoms with Gasteiger partial charge in [-0.25, -0.2) is 0 Å². The van der Waals surface area contributed by atoms with Crippen LogP contribution in [-0.4, -0.2) is 17.5 Å². The zero-order valence-corrected chi connectivity index (χ0v) is 9.60. The van der Waals surface area contributed by atoms with Crippen molar-refractivity contribution in [1.29, 1.82) is 0 Å². The number of hydrogen-bond acceptors (Lipinski definition) is 4. The molecule has 18 heavy (non-hydrogen) atoms. The first kappa shape index (κ1) is 13.6. The standard InChI is InChI=1S/C12H10FNO4/c1-3-8-5-10(13)11(14(16)17)6-9(8)7-12(15)18-4-2/h1,5-6H,4,7H2,2H3. The van der Waals surface area contributed by atoms with E-state index in [1.165, 1.54) is 0 Å². The van der Waals surface area contributed by atoms with Crippen molar-refractivity contribution in [3.05, 3.63) is 39.2 Å². The summed E-state index contributed by atoms with van der Waals surface area (Å²) in [4.78, 5) is 21.0. The molecule has 1 rings (SSSR count). The van der Waals surface area contributed by atoms with Crippen molar-refractivity contribution < 1.29 is 18.8 Å². The third kappa shape index (κ3) is 3.04. The Bertz CT molecular complexity index is 534. The molecule has 0 atom stereocenters. The van der Waals surface area contributed by atoms with E-state index in [0.29, 0.717) is 0 Å². The van der Waals surface area contributed by atoms with Crippen LogP contribution in [0, 0.1) is 28.3 Å². The van der Waals surface area contributed by atoms with E-state index in [2.05, 4.69) is 5.92 Å². The van der Waals surface area contributed by atoms with Crippen LogP contribution in [0.2, 0.25) is 0 Å². The van der Waals surface area contributed by atoms with Crippen LogP contribution >= 0.6 is 0 Å². The monoisotopic (exact) mass is 251 g/mol. The average Bonchev–Trinajstić information content (AvgIpc) is 2.30. The number of nitrogens with zero attached hydrogens (tertiary/aromatic N) is 1. The summed E-state index contributed by atoms with van der Waals surface area (Å²) in [5.74, 6) is 0.578. The predicted octanol–water partition coefficient (Wildman–Crippen LogP) is 1.82. The van der Waals surface area contributed by atoms with Crippen molar-refractivity contribution in [1.82, 2.24) is 0 Å². The molecular weight excluding hydrogens is 241 g/mol. The Morgan fingerprint density at radius 1 is 1.61 bits per heavy atom. The fourth-order valence-electron chi connectivity index (χ4n) is 1.39. The van der Waals surface area contributed by atoms with E-state index in [1.807, 2.05) is 0 Å². The molecule has 0 amide bonds. The molecule has 0 aliphatic carbocycles. The molecule has 0 spiro atoms. The Morgan fingerprint density at radius 2 is 2.28 bits per heavy atom. The Morgan fingerprint density at radius 3 is 2.78 bits per heavy atom. The van der Waals surface area contributed by atoms with Gasteiger partial charge in [-0.15, -0.1) is 6.42 Å². The van der Waals surface area contributed by atoms with Crippen LogP contribution in [-0.2, 0) is 16.0 Å². The van der Waals surface area contributed by atoms with Crippen molar-refractivity contribution >= 4 is 11.7 Å². The van der Waals surface area contributed by atoms with Gasteiger partial charge < -0.3 is 4.74 Å². The molecule has 6 heteroatoms. The third-order valence-electron chi connectivity index (χ3n) is 2.16. The van der Waals surface area contributed by atoms with E-state index in [9.17, 15) is 19.3 Å². The van der Waals surface area contributed by atoms with Crippen molar-refractivity contribution in [3.63, 3.8) is 0 Å². The maximum Gasteiger partial charge on any atom is 0.310 e. The second-order valence-corrected chi connectivity index (χ2v) is 3.34. The Kier molecular flexibility index (Phi) is 4.38. The zero-order valence-electron chi connectivity index (χ0n) is 9.60. The second-order valence-electron chi connectivity index (χ2n) is 3.34. The fourth-order valence-corrected chi connectivity index (χ4v) is 1.39. The minimum Gasteiger partial charge on any atom is -0.466 e. The summed E-state index contributed by atoms with van der Waals surface area (Å²) >= 11 is 0. The van der Waals surface area contributed by atoms with Gasteiger partial charge in [-0.2, -0.15) is 4.39 Å². The molecule has 0 aromatic heterocycles. The van der Waals surface area contributed by atoms with Gasteiger partial charge in [-0.1, -0.05) is 5.92 Å². The van der Waals surface area contributed by atoms with Gasteiger partial charge in [-0.05, 0) is 18.6 Å². The van der Waals surface area contributed by atoms with E-state index < -0.39 is 22.4 Å². The van der Waals surface area contributed by atoms with Crippen molar-refractivity contribution in [2.24, 2.45) is 0 Å². The summed E-state index contributed by atoms with van der Waals surface area (Å²) in [6.07, 6.45) is 4.93. The molecule has 0 aliphatic rings. The molecule has 0 fully saturated rings. The number of carbonyl (C=O) groups is 1. The number of carbonyl (C=O) groups excluding carboxylic acids is 1. The highest BCUT2D eigenvalue weighted by Gasteiger charge is 2.19. The fraction of sp³-hybridized carbons (Fsp3) is 0.250. The van der Waals surface area contributed by atoms with Gasteiger partial charge in [0.1, 0.15) is 0 Å². The molecule has 0 saturated heterocycles. The minimum absolute atomic E-state index is 0.103. The second kappa shape index (κ2) is 5.77. The summed E-state index contributed by atoms with van der Waals surface area (Å²) in [6, 6.07) is 1.83. The normalized spacial score (nSPS) is 9.61. The largest absolute Gasteiger partial charge is 0.466 e. The maximum absolute atomic E-state index is 13.3. The molecule has 0 unspecified atom stereocenters. The third-order valence-corrected chi connectivity index (χ3v) is 2.16. The van der Waals surface area contributed by atoms with E-state index >= 15 is 0 Å². The first-order valence-corrected chi connectivity index (χ1v) is 5.08. The van der Waals surface area contributed by atoms with E-state index in [4.69, 9.17) is 11.2 Å². The lowest BCUT2D eigenvalue weighted by Crippen LogP contribution is -2.09. The van der Waals surface area contributed by atoms with E-state index in [-0.39, 0.29) is 24.2 Å². The molecule has 1 aromatic carbocycles. The first-order valence-electron chi connectivity index (χ1n) is 5.08. The van der Waals surface area contributed by atoms with Crippen LogP contribution in [0.25, 0.3) is 0 Å². The zero-order chi connectivity index (χ0) is 13.7. The summed E-state index contributed by atoms with van der Waals surface area (Å²) < 4.78 is 18.0. The lowest BCUT2D eigenvalue weighted by molar-refractivity contribution is -0.387. The number of hydrogen-bond donors (Lipinski definition) is 0. The first-order chi connectivity index (χ1) is 8.49. The maximum atomic E-state index is 13.3. The number of rotatable bonds is 4. The Labute approximate surface area is 103 Å². The highest BCUT2D eigenvalue weighted by molar-refractivity contribution is 5.74. The Balaban J connectivity index is 3.17. The van der Waals surface area contributed by atoms with E-state index in [1.54, 1.807) is 6.92 Å². The van der Waals surface area contributed by atoms with Crippen LogP contribution < -0.4 is 0 Å². The molecule has 94 valence electrons. The van der Waals surface area contributed by atoms with Gasteiger partial charge in [0.25, 0.3) is 0 Å². The summed E-state index contributed by atoms with van der Waals surface area (Å²) in [5.41, 5.74) is -0.413. The van der Waals surface area contributed by atoms with Gasteiger partial charge in [-0.3, -0.25) is 14.9 Å². The lowest BCUT2D eigenvalue weighted by atomic mass is 10.0. The number of terminal acetylenes is 1. The van der Waals surface area contributed by atoms with E-state index in [0.717, 1.165) is 12.1 Å². The van der Waals surface area contributed by atoms with Gasteiger partial charge in [0.05, 0.1) is 18.0 Å². The number of halogens is 1. The van der Waals surface area contributed by atoms with Crippen LogP contribution in [0.5, 0.6) is 0 Å². The highest BCUT2D eigenvalue weighted by atomic mass is 19.1. The topological polar surface area (TPSA) is 69.4 Å². The molecule has 0 saturated carbocycles. The number of ether oxygens (including phenoxy) is 1. The SMILES string of the molecule is C#Cc1cc(F)c([N+](=O)[O-])cc1CC(=O)OCC. The van der Waals surface area contributed by atoms with Gasteiger partial charge >= 0.3 is 11.7 Å². The van der Waals surface area contributed by atoms with Crippen LogP contribution in [0.3, 0.4) is 0 Å². The van der Waals surface area contributed by atoms with Crippen LogP contribution in [0.4, 0.5) is 10.1 Å². The molecule has 1 aromatic rings. The number of nitro benzene ring substituents is 1. The van der Waals surface area contributed by atoms with Crippen molar-refractivity contribution in [2.75, 3.05) is 6.61 Å². The summed E-state index contributed by atoms with van der Waals surface area (Å²) in [7, 11) is 0. The van der Waals surface area contributed by atoms with Crippen molar-refractivity contribution in [3.8, 4) is 12.3 Å². The molecule has 0 aliphatic heterocycles. The molecule has 5 nitrogen and oxygen atoms in total. The molecule has 0 N–H and O–H groups in total. The van der Waals surface area contributed by atoms with Crippen molar-refractivity contribution in [2.45, 2.75) is 13.3 Å². The van der Waals surface area contributed by atoms with Gasteiger partial charge in [0.2, 0.25) is 5.82 Å². The molecular formula is C12H10FNO4. The molecule has 0 radical (unpaired) electrons. The lowest BCUT2D eigenvalue weighted by Gasteiger charge is -2.05. The minimum atomic E-state index is -1.03. The molecule has 0 bridgehead atoms. The quantitative estimate of drug-likeness (QED) is 0.354. The van der Waals surface area contributed by atoms with Gasteiger partial charge in [0, 0.05) is 11.6 Å². The highest BCUT2D eigenvalue weighted by Crippen LogP contribution is 2.22. The van der Waals surface area contributed by atoms with Crippen LogP contribution in [0.1, 0.15) is 18.1 Å². The smallest absolute Gasteiger partial charge is 0.310 e. The van der Waals surface area contributed by atoms with Crippen LogP contribution in [0.15, 0.2) is 12.1 Å². The summed E-state index contributed by atoms with van der Waals surface area (Å²) in [5, 5.41) is 10.6. The number of benzene rings is 1. The Hall–Kier alpha value is -2.42. The predicted molar refractivity (Wildman–Crippen MR) is 61.3 cm³/mol. The van der Waals surface area contributed by atoms with Gasteiger partial charge in [0.15, 0.2) is 0 Å². The average molecular weight is 251 g/mol. The molecule has 0 heterocycles. The number of nitro groups is 1. The number of esters is 1. The summed E-state index contributed by atoms with van der Waals surface area (Å²) in [6.45, 7) is 1.82.